The van der Waals surface area contributed by atoms with Crippen LogP contribution in [0.15, 0.2) is 42.7 Å². The Morgan fingerprint density at radius 1 is 1.16 bits per heavy atom. The molecule has 1 saturated carbocycles. The Bertz CT molecular complexity index is 717. The number of nitrogens with zero attached hydrogens (tertiary/aromatic N) is 2. The number of carboxylic acid groups (broad SMARTS) is 1. The lowest BCUT2D eigenvalue weighted by Gasteiger charge is -2.33. The van der Waals surface area contributed by atoms with Crippen LogP contribution in [-0.4, -0.2) is 33.3 Å². The van der Waals surface area contributed by atoms with Crippen LogP contribution < -0.4 is 5.32 Å². The topological polar surface area (TPSA) is 84.2 Å². The molecule has 1 aliphatic rings. The normalized spacial score (nSPS) is 16.3. The second kappa shape index (κ2) is 7.51. The lowest BCUT2D eigenvalue weighted by molar-refractivity contribution is -0.151. The first-order valence-corrected chi connectivity index (χ1v) is 8.68. The van der Waals surface area contributed by atoms with Crippen LogP contribution in [0.25, 0.3) is 5.69 Å². The molecule has 0 saturated heterocycles. The van der Waals surface area contributed by atoms with Crippen LogP contribution >= 0.6 is 0 Å². The minimum atomic E-state index is -0.795. The van der Waals surface area contributed by atoms with Gasteiger partial charge in [0.1, 0.15) is 0 Å². The van der Waals surface area contributed by atoms with E-state index in [4.69, 9.17) is 0 Å². The average Bonchev–Trinajstić information content (AvgIpc) is 3.16. The zero-order valence-corrected chi connectivity index (χ0v) is 14.1. The van der Waals surface area contributed by atoms with E-state index in [1.165, 1.54) is 0 Å². The van der Waals surface area contributed by atoms with Gasteiger partial charge in [0.15, 0.2) is 0 Å². The molecule has 0 unspecified atom stereocenters. The van der Waals surface area contributed by atoms with Crippen LogP contribution in [0.5, 0.6) is 0 Å². The molecule has 2 N–H and O–H groups in total. The first-order chi connectivity index (χ1) is 12.1. The van der Waals surface area contributed by atoms with E-state index in [0.717, 1.165) is 30.5 Å². The van der Waals surface area contributed by atoms with Crippen molar-refractivity contribution in [3.8, 4) is 5.69 Å². The molecular formula is C19H23N3O3. The first-order valence-electron chi connectivity index (χ1n) is 8.68. The first kappa shape index (κ1) is 17.2. The fourth-order valence-electron chi connectivity index (χ4n) is 3.40. The van der Waals surface area contributed by atoms with Crippen LogP contribution in [0.3, 0.4) is 0 Å². The SMILES string of the molecule is O=C(Cc1ccc(-n2cccn2)cc1)NCC1(C(=O)O)CCCCC1. The molecule has 1 heterocycles. The molecule has 6 nitrogen and oxygen atoms in total. The second-order valence-corrected chi connectivity index (χ2v) is 6.72. The van der Waals surface area contributed by atoms with Gasteiger partial charge in [-0.3, -0.25) is 9.59 Å². The smallest absolute Gasteiger partial charge is 0.311 e. The summed E-state index contributed by atoms with van der Waals surface area (Å²) in [6.07, 6.45) is 8.00. The fourth-order valence-corrected chi connectivity index (χ4v) is 3.40. The number of carbonyl (C=O) groups excluding carboxylic acids is 1. The van der Waals surface area contributed by atoms with Crippen molar-refractivity contribution in [3.63, 3.8) is 0 Å². The zero-order valence-electron chi connectivity index (χ0n) is 14.1. The molecular weight excluding hydrogens is 318 g/mol. The van der Waals surface area contributed by atoms with E-state index in [1.54, 1.807) is 10.9 Å². The highest BCUT2D eigenvalue weighted by atomic mass is 16.4. The van der Waals surface area contributed by atoms with Crippen molar-refractivity contribution < 1.29 is 14.7 Å². The fraction of sp³-hybridized carbons (Fsp3) is 0.421. The van der Waals surface area contributed by atoms with Gasteiger partial charge in [0.05, 0.1) is 17.5 Å². The highest BCUT2D eigenvalue weighted by Crippen LogP contribution is 2.36. The zero-order chi connectivity index (χ0) is 17.7. The van der Waals surface area contributed by atoms with Crippen molar-refractivity contribution in [2.24, 2.45) is 5.41 Å². The van der Waals surface area contributed by atoms with Crippen molar-refractivity contribution in [2.75, 3.05) is 6.54 Å². The van der Waals surface area contributed by atoms with Gasteiger partial charge in [-0.1, -0.05) is 31.4 Å². The molecule has 2 aromatic rings. The number of hydrogen-bond donors (Lipinski definition) is 2. The van der Waals surface area contributed by atoms with Crippen LogP contribution in [0, 0.1) is 5.41 Å². The van der Waals surface area contributed by atoms with Gasteiger partial charge in [-0.15, -0.1) is 0 Å². The number of rotatable bonds is 6. The van der Waals surface area contributed by atoms with Crippen molar-refractivity contribution in [1.29, 1.82) is 0 Å². The molecule has 1 aromatic heterocycles. The number of aliphatic carboxylic acids is 1. The van der Waals surface area contributed by atoms with Gasteiger partial charge in [0.2, 0.25) is 5.91 Å². The lowest BCUT2D eigenvalue weighted by Crippen LogP contribution is -2.44. The number of carboxylic acids is 1. The minimum absolute atomic E-state index is 0.141. The highest BCUT2D eigenvalue weighted by molar-refractivity contribution is 5.80. The van der Waals surface area contributed by atoms with Gasteiger partial charge in [-0.05, 0) is 36.6 Å². The summed E-state index contributed by atoms with van der Waals surface area (Å²) >= 11 is 0. The van der Waals surface area contributed by atoms with E-state index in [1.807, 2.05) is 36.5 Å². The van der Waals surface area contributed by atoms with Crippen molar-refractivity contribution in [1.82, 2.24) is 15.1 Å². The van der Waals surface area contributed by atoms with E-state index in [0.29, 0.717) is 12.8 Å². The maximum atomic E-state index is 12.2. The summed E-state index contributed by atoms with van der Waals surface area (Å²) in [7, 11) is 0. The van der Waals surface area contributed by atoms with Gasteiger partial charge in [-0.25, -0.2) is 4.68 Å². The largest absolute Gasteiger partial charge is 0.481 e. The Morgan fingerprint density at radius 2 is 1.88 bits per heavy atom. The van der Waals surface area contributed by atoms with Gasteiger partial charge in [0, 0.05) is 18.9 Å². The van der Waals surface area contributed by atoms with Crippen LogP contribution in [-0.2, 0) is 16.0 Å². The van der Waals surface area contributed by atoms with Crippen LogP contribution in [0.1, 0.15) is 37.7 Å². The Balaban J connectivity index is 1.56. The molecule has 1 aliphatic carbocycles. The predicted molar refractivity (Wildman–Crippen MR) is 93.4 cm³/mol. The molecule has 25 heavy (non-hydrogen) atoms. The Kier molecular flexibility index (Phi) is 5.16. The Hall–Kier alpha value is -2.63. The molecule has 0 aliphatic heterocycles. The van der Waals surface area contributed by atoms with Gasteiger partial charge >= 0.3 is 5.97 Å². The van der Waals surface area contributed by atoms with Gasteiger partial charge in [-0.2, -0.15) is 5.10 Å². The standard InChI is InChI=1S/C19H23N3O3/c23-17(20-14-19(18(24)25)9-2-1-3-10-19)13-15-5-7-16(8-6-15)22-12-4-11-21-22/h4-8,11-12H,1-3,9-10,13-14H2,(H,20,23)(H,24,25). The number of aromatic nitrogens is 2. The molecule has 0 spiro atoms. The Morgan fingerprint density at radius 3 is 2.48 bits per heavy atom. The summed E-state index contributed by atoms with van der Waals surface area (Å²) in [6, 6.07) is 9.46. The summed E-state index contributed by atoms with van der Waals surface area (Å²) < 4.78 is 1.75. The van der Waals surface area contributed by atoms with Crippen LogP contribution in [0.4, 0.5) is 0 Å². The molecule has 6 heteroatoms. The van der Waals surface area contributed by atoms with E-state index < -0.39 is 11.4 Å². The highest BCUT2D eigenvalue weighted by Gasteiger charge is 2.39. The summed E-state index contributed by atoms with van der Waals surface area (Å²) in [6.45, 7) is 0.215. The van der Waals surface area contributed by atoms with Crippen molar-refractivity contribution in [3.05, 3.63) is 48.3 Å². The summed E-state index contributed by atoms with van der Waals surface area (Å²) in [5, 5.41) is 16.5. The number of benzene rings is 1. The lowest BCUT2D eigenvalue weighted by atomic mass is 9.74. The summed E-state index contributed by atoms with van der Waals surface area (Å²) in [5.41, 5.74) is 1.03. The molecule has 1 amide bonds. The number of nitrogens with one attached hydrogen (secondary N) is 1. The van der Waals surface area contributed by atoms with E-state index >= 15 is 0 Å². The monoisotopic (exact) mass is 341 g/mol. The van der Waals surface area contributed by atoms with Crippen LogP contribution in [0.2, 0.25) is 0 Å². The van der Waals surface area contributed by atoms with Crippen molar-refractivity contribution in [2.45, 2.75) is 38.5 Å². The van der Waals surface area contributed by atoms with Crippen molar-refractivity contribution >= 4 is 11.9 Å². The Labute approximate surface area is 146 Å². The second-order valence-electron chi connectivity index (χ2n) is 6.72. The molecule has 0 atom stereocenters. The van der Waals surface area contributed by atoms with E-state index in [9.17, 15) is 14.7 Å². The third-order valence-electron chi connectivity index (χ3n) is 4.96. The van der Waals surface area contributed by atoms with E-state index in [2.05, 4.69) is 10.4 Å². The summed E-state index contributed by atoms with van der Waals surface area (Å²) in [5.74, 6) is -0.936. The third kappa shape index (κ3) is 4.07. The maximum Gasteiger partial charge on any atom is 0.311 e. The molecule has 132 valence electrons. The predicted octanol–water partition coefficient (Wildman–Crippen LogP) is 2.57. The van der Waals surface area contributed by atoms with E-state index in [-0.39, 0.29) is 18.9 Å². The molecule has 1 aromatic carbocycles. The van der Waals surface area contributed by atoms with Gasteiger partial charge < -0.3 is 10.4 Å². The number of amides is 1. The summed E-state index contributed by atoms with van der Waals surface area (Å²) in [4.78, 5) is 23.8. The molecule has 0 radical (unpaired) electrons. The van der Waals surface area contributed by atoms with Gasteiger partial charge in [0.25, 0.3) is 0 Å². The molecule has 1 fully saturated rings. The number of hydrogen-bond acceptors (Lipinski definition) is 3. The molecule has 0 bridgehead atoms. The third-order valence-corrected chi connectivity index (χ3v) is 4.96. The maximum absolute atomic E-state index is 12.2. The molecule has 3 rings (SSSR count). The average molecular weight is 341 g/mol. The minimum Gasteiger partial charge on any atom is -0.481 e. The number of carbonyl (C=O) groups is 2. The quantitative estimate of drug-likeness (QED) is 0.846.